The van der Waals surface area contributed by atoms with Gasteiger partial charge in [-0.05, 0) is 38.0 Å². The second kappa shape index (κ2) is 13.7. The summed E-state index contributed by atoms with van der Waals surface area (Å²) in [6, 6.07) is 4.36. The monoisotopic (exact) mass is 495 g/mol. The average molecular weight is 496 g/mol. The van der Waals surface area contributed by atoms with Crippen LogP contribution in [0.1, 0.15) is 72.8 Å². The number of benzene rings is 1. The van der Waals surface area contributed by atoms with Crippen molar-refractivity contribution in [3.05, 3.63) is 23.8 Å². The lowest BCUT2D eigenvalue weighted by Gasteiger charge is -2.34. The molecule has 0 radical (unpaired) electrons. The van der Waals surface area contributed by atoms with Crippen molar-refractivity contribution in [2.75, 3.05) is 0 Å². The Kier molecular flexibility index (Phi) is 11.7. The Hall–Kier alpha value is -3.14. The van der Waals surface area contributed by atoms with E-state index in [0.29, 0.717) is 12.0 Å². The fraction of sp³-hybridized carbons (Fsp3) is 0.600. The fourth-order valence-electron chi connectivity index (χ4n) is 3.32. The van der Waals surface area contributed by atoms with Gasteiger partial charge in [0.2, 0.25) is 0 Å². The van der Waals surface area contributed by atoms with E-state index < -0.39 is 41.6 Å². The Morgan fingerprint density at radius 3 is 2.03 bits per heavy atom. The maximum Gasteiger partial charge on any atom is 0.508 e. The summed E-state index contributed by atoms with van der Waals surface area (Å²) in [7, 11) is 0. The lowest BCUT2D eigenvalue weighted by atomic mass is 9.78. The summed E-state index contributed by atoms with van der Waals surface area (Å²) < 4.78 is 21.0. The fourth-order valence-corrected chi connectivity index (χ4v) is 3.32. The van der Waals surface area contributed by atoms with Crippen molar-refractivity contribution in [1.82, 2.24) is 0 Å². The van der Waals surface area contributed by atoms with Crippen molar-refractivity contribution in [1.29, 1.82) is 0 Å². The van der Waals surface area contributed by atoms with Crippen LogP contribution < -0.4 is 15.2 Å². The van der Waals surface area contributed by atoms with Gasteiger partial charge in [0.15, 0.2) is 11.5 Å². The SMILES string of the molecule is CCCC(C)OC(=O)O[C@@H](C)[C@@H](C)[C@](N)(Cc1ccc(OC(=O)CC)c(OC(=O)CC)c1)C(=O)O. The first-order chi connectivity index (χ1) is 16.4. The van der Waals surface area contributed by atoms with Crippen LogP contribution in [0, 0.1) is 5.92 Å². The first kappa shape index (κ1) is 29.9. The maximum atomic E-state index is 12.2. The second-order valence-corrected chi connectivity index (χ2v) is 8.54. The molecular weight excluding hydrogens is 458 g/mol. The van der Waals surface area contributed by atoms with Gasteiger partial charge in [-0.1, -0.05) is 40.2 Å². The molecule has 1 aromatic carbocycles. The zero-order valence-electron chi connectivity index (χ0n) is 21.3. The summed E-state index contributed by atoms with van der Waals surface area (Å²) in [6.07, 6.45) is -0.587. The van der Waals surface area contributed by atoms with Gasteiger partial charge in [-0.15, -0.1) is 0 Å². The molecule has 0 aliphatic carbocycles. The zero-order chi connectivity index (χ0) is 26.8. The molecule has 0 aliphatic rings. The summed E-state index contributed by atoms with van der Waals surface area (Å²) >= 11 is 0. The number of carbonyl (C=O) groups is 4. The first-order valence-electron chi connectivity index (χ1n) is 11.8. The number of carboxylic acids is 1. The number of esters is 2. The van der Waals surface area contributed by atoms with Gasteiger partial charge in [0, 0.05) is 25.2 Å². The van der Waals surface area contributed by atoms with Crippen molar-refractivity contribution in [2.24, 2.45) is 11.7 Å². The standard InChI is InChI=1S/C25H37NO9/c1-7-10-15(4)32-24(31)33-17(6)16(5)25(26,23(29)30)14-18-11-12-19(34-21(27)8-2)20(13-18)35-22(28)9-3/h11-13,15-17H,7-10,14,26H2,1-6H3,(H,29,30)/t15?,16-,17+,25-/m1/s1. The van der Waals surface area contributed by atoms with Crippen LogP contribution >= 0.6 is 0 Å². The van der Waals surface area contributed by atoms with Crippen LogP contribution in [0.25, 0.3) is 0 Å². The number of hydrogen-bond donors (Lipinski definition) is 2. The maximum absolute atomic E-state index is 12.2. The molecule has 0 aliphatic heterocycles. The van der Waals surface area contributed by atoms with E-state index in [2.05, 4.69) is 0 Å². The van der Waals surface area contributed by atoms with Gasteiger partial charge in [0.1, 0.15) is 17.7 Å². The lowest BCUT2D eigenvalue weighted by Crippen LogP contribution is -2.58. The van der Waals surface area contributed by atoms with Gasteiger partial charge >= 0.3 is 24.1 Å². The third-order valence-electron chi connectivity index (χ3n) is 5.72. The highest BCUT2D eigenvalue weighted by Crippen LogP contribution is 2.32. The summed E-state index contributed by atoms with van der Waals surface area (Å²) in [5.74, 6) is -3.19. The quantitative estimate of drug-likeness (QED) is 0.303. The minimum Gasteiger partial charge on any atom is -0.480 e. The summed E-state index contributed by atoms with van der Waals surface area (Å²) in [4.78, 5) is 47.9. The predicted molar refractivity (Wildman–Crippen MR) is 127 cm³/mol. The van der Waals surface area contributed by atoms with Gasteiger partial charge in [-0.2, -0.15) is 0 Å². The largest absolute Gasteiger partial charge is 0.508 e. The van der Waals surface area contributed by atoms with Gasteiger partial charge in [0.05, 0.1) is 0 Å². The molecule has 3 N–H and O–H groups in total. The van der Waals surface area contributed by atoms with Crippen LogP contribution in [0.2, 0.25) is 0 Å². The first-order valence-corrected chi connectivity index (χ1v) is 11.8. The van der Waals surface area contributed by atoms with Crippen molar-refractivity contribution in [3.63, 3.8) is 0 Å². The second-order valence-electron chi connectivity index (χ2n) is 8.54. The van der Waals surface area contributed by atoms with Crippen molar-refractivity contribution in [2.45, 2.75) is 91.4 Å². The molecule has 35 heavy (non-hydrogen) atoms. The normalized spacial score (nSPS) is 15.2. The Labute approximate surface area is 206 Å². The number of rotatable bonds is 13. The van der Waals surface area contributed by atoms with E-state index in [0.717, 1.165) is 6.42 Å². The van der Waals surface area contributed by atoms with E-state index in [1.54, 1.807) is 34.6 Å². The van der Waals surface area contributed by atoms with Gasteiger partial charge < -0.3 is 29.8 Å². The Balaban J connectivity index is 3.15. The Morgan fingerprint density at radius 1 is 0.943 bits per heavy atom. The Bertz CT molecular complexity index is 901. The van der Waals surface area contributed by atoms with E-state index in [-0.39, 0.29) is 36.9 Å². The number of nitrogens with two attached hydrogens (primary N) is 1. The number of ether oxygens (including phenoxy) is 4. The molecule has 0 heterocycles. The molecule has 1 aromatic rings. The highest BCUT2D eigenvalue weighted by molar-refractivity contribution is 5.80. The number of carboxylic acid groups (broad SMARTS) is 1. The molecule has 4 atom stereocenters. The molecule has 1 unspecified atom stereocenters. The van der Waals surface area contributed by atoms with Crippen LogP contribution in [0.4, 0.5) is 4.79 Å². The van der Waals surface area contributed by atoms with Crippen LogP contribution in [0.5, 0.6) is 11.5 Å². The Morgan fingerprint density at radius 2 is 1.51 bits per heavy atom. The van der Waals surface area contributed by atoms with Crippen LogP contribution in [-0.4, -0.2) is 46.9 Å². The van der Waals surface area contributed by atoms with E-state index in [4.69, 9.17) is 24.7 Å². The minimum atomic E-state index is -1.84. The highest BCUT2D eigenvalue weighted by Gasteiger charge is 2.44. The molecule has 1 rings (SSSR count). The average Bonchev–Trinajstić information content (AvgIpc) is 2.79. The van der Waals surface area contributed by atoms with E-state index >= 15 is 0 Å². The summed E-state index contributed by atoms with van der Waals surface area (Å²) in [5, 5.41) is 9.97. The summed E-state index contributed by atoms with van der Waals surface area (Å²) in [5.41, 5.74) is 4.91. The van der Waals surface area contributed by atoms with Crippen molar-refractivity contribution in [3.8, 4) is 11.5 Å². The van der Waals surface area contributed by atoms with E-state index in [9.17, 15) is 24.3 Å². The molecule has 10 heteroatoms. The zero-order valence-corrected chi connectivity index (χ0v) is 21.3. The molecule has 0 spiro atoms. The third kappa shape index (κ3) is 8.86. The van der Waals surface area contributed by atoms with Crippen molar-refractivity contribution >= 4 is 24.1 Å². The third-order valence-corrected chi connectivity index (χ3v) is 5.72. The van der Waals surface area contributed by atoms with Gasteiger partial charge in [-0.25, -0.2) is 4.79 Å². The highest BCUT2D eigenvalue weighted by atomic mass is 16.7. The topological polar surface area (TPSA) is 151 Å². The molecule has 0 fully saturated rings. The molecule has 0 bridgehead atoms. The molecule has 0 amide bonds. The van der Waals surface area contributed by atoms with Gasteiger partial charge in [0.25, 0.3) is 0 Å². The smallest absolute Gasteiger partial charge is 0.480 e. The minimum absolute atomic E-state index is 0.0191. The molecular formula is C25H37NO9. The molecule has 0 saturated heterocycles. The predicted octanol–water partition coefficient (Wildman–Crippen LogP) is 4.01. The lowest BCUT2D eigenvalue weighted by molar-refractivity contribution is -0.147. The molecule has 0 aromatic heterocycles. The number of hydrogen-bond acceptors (Lipinski definition) is 9. The number of aliphatic carboxylic acids is 1. The number of carbonyl (C=O) groups excluding carboxylic acids is 3. The van der Waals surface area contributed by atoms with Crippen LogP contribution in [0.15, 0.2) is 18.2 Å². The van der Waals surface area contributed by atoms with Gasteiger partial charge in [-0.3, -0.25) is 14.4 Å². The van der Waals surface area contributed by atoms with Crippen LogP contribution in [-0.2, 0) is 30.3 Å². The van der Waals surface area contributed by atoms with E-state index in [1.165, 1.54) is 18.2 Å². The molecule has 10 nitrogen and oxygen atoms in total. The van der Waals surface area contributed by atoms with Crippen LogP contribution in [0.3, 0.4) is 0 Å². The molecule has 0 saturated carbocycles. The summed E-state index contributed by atoms with van der Waals surface area (Å²) in [6.45, 7) is 10.0. The van der Waals surface area contributed by atoms with E-state index in [1.807, 2.05) is 6.92 Å². The molecule has 196 valence electrons. The van der Waals surface area contributed by atoms with Crippen molar-refractivity contribution < 1.29 is 43.2 Å².